The topological polar surface area (TPSA) is 58.5 Å². The zero-order valence-corrected chi connectivity index (χ0v) is 18.6. The van der Waals surface area contributed by atoms with Gasteiger partial charge in [0.05, 0.1) is 19.2 Å². The molecule has 0 saturated carbocycles. The van der Waals surface area contributed by atoms with Crippen LogP contribution in [-0.4, -0.2) is 36.6 Å². The van der Waals surface area contributed by atoms with E-state index in [2.05, 4.69) is 55.5 Å². The molecule has 0 saturated heterocycles. The van der Waals surface area contributed by atoms with Crippen LogP contribution in [0.25, 0.3) is 0 Å². The number of dihydropyridines is 1. The highest BCUT2D eigenvalue weighted by molar-refractivity contribution is 7.17. The molecule has 5 nitrogen and oxygen atoms in total. The predicted molar refractivity (Wildman–Crippen MR) is 122 cm³/mol. The zero-order valence-electron chi connectivity index (χ0n) is 17.5. The van der Waals surface area contributed by atoms with Crippen LogP contribution in [0.1, 0.15) is 37.8 Å². The highest BCUT2D eigenvalue weighted by Gasteiger charge is 2.16. The van der Waals surface area contributed by atoms with Crippen molar-refractivity contribution in [3.05, 3.63) is 59.1 Å². The first-order valence-electron chi connectivity index (χ1n) is 9.80. The number of nitrogens with zero attached hydrogens (tertiary/aromatic N) is 2. The zero-order chi connectivity index (χ0) is 20.5. The molecular formula is C22H33N4OP. The lowest BCUT2D eigenvalue weighted by atomic mass is 10.00. The van der Waals surface area contributed by atoms with Gasteiger partial charge in [0.2, 0.25) is 5.88 Å². The van der Waals surface area contributed by atoms with Gasteiger partial charge in [-0.1, -0.05) is 13.5 Å². The fourth-order valence-corrected chi connectivity index (χ4v) is 3.09. The van der Waals surface area contributed by atoms with E-state index >= 15 is 0 Å². The Balaban J connectivity index is 2.01. The summed E-state index contributed by atoms with van der Waals surface area (Å²) in [6.45, 7) is 11.5. The second kappa shape index (κ2) is 11.1. The number of aliphatic imine (C=N–C) groups is 1. The molecule has 0 radical (unpaired) electrons. The summed E-state index contributed by atoms with van der Waals surface area (Å²) in [5, 5.41) is 6.56. The maximum Gasteiger partial charge on any atom is 0.216 e. The highest BCUT2D eigenvalue weighted by Crippen LogP contribution is 2.19. The van der Waals surface area contributed by atoms with E-state index in [0.717, 1.165) is 40.8 Å². The largest absolute Gasteiger partial charge is 0.477 e. The second-order valence-electron chi connectivity index (χ2n) is 7.12. The minimum atomic E-state index is 0.121. The number of likely N-dealkylation sites (N-methyl/N-ethyl adjacent to an activating group) is 1. The van der Waals surface area contributed by atoms with E-state index < -0.39 is 0 Å². The number of rotatable bonds is 10. The van der Waals surface area contributed by atoms with Crippen LogP contribution < -0.4 is 15.4 Å². The minimum Gasteiger partial charge on any atom is -0.477 e. The van der Waals surface area contributed by atoms with E-state index in [4.69, 9.17) is 4.74 Å². The van der Waals surface area contributed by atoms with Crippen molar-refractivity contribution in [1.29, 1.82) is 0 Å². The summed E-state index contributed by atoms with van der Waals surface area (Å²) in [7, 11) is 4.80. The number of aryl methyl sites for hydroxylation is 1. The molecule has 0 amide bonds. The third-order valence-corrected chi connectivity index (χ3v) is 5.53. The molecule has 1 aliphatic rings. The van der Waals surface area contributed by atoms with Gasteiger partial charge >= 0.3 is 0 Å². The smallest absolute Gasteiger partial charge is 0.216 e. The number of pyridine rings is 1. The van der Waals surface area contributed by atoms with Crippen LogP contribution in [-0.2, 0) is 6.54 Å². The molecule has 2 N–H and O–H groups in total. The lowest BCUT2D eigenvalue weighted by Crippen LogP contribution is -2.32. The van der Waals surface area contributed by atoms with E-state index in [0.29, 0.717) is 24.7 Å². The van der Waals surface area contributed by atoms with Crippen molar-refractivity contribution >= 4 is 15.5 Å². The Kier molecular flexibility index (Phi) is 8.88. The first-order valence-corrected chi connectivity index (χ1v) is 10.5. The first-order chi connectivity index (χ1) is 13.5. The molecular weight excluding hydrogens is 367 g/mol. The van der Waals surface area contributed by atoms with Gasteiger partial charge in [0.25, 0.3) is 0 Å². The van der Waals surface area contributed by atoms with Crippen molar-refractivity contribution in [2.45, 2.75) is 51.9 Å². The normalized spacial score (nSPS) is 17.7. The van der Waals surface area contributed by atoms with Crippen molar-refractivity contribution in [1.82, 2.24) is 15.6 Å². The molecule has 1 aromatic heterocycles. The third-order valence-electron chi connectivity index (χ3n) is 4.72. The average molecular weight is 401 g/mol. The summed E-state index contributed by atoms with van der Waals surface area (Å²) in [4.78, 5) is 9.12. The molecule has 0 fully saturated rings. The monoisotopic (exact) mass is 400 g/mol. The molecule has 0 spiro atoms. The molecule has 3 atom stereocenters. The summed E-state index contributed by atoms with van der Waals surface area (Å²) in [5.74, 6) is 0.713. The molecule has 0 bridgehead atoms. The molecule has 3 unspecified atom stereocenters. The Bertz CT molecular complexity index is 770. The Labute approximate surface area is 171 Å². The van der Waals surface area contributed by atoms with E-state index in [9.17, 15) is 0 Å². The number of aromatic nitrogens is 1. The summed E-state index contributed by atoms with van der Waals surface area (Å²) >= 11 is 0. The van der Waals surface area contributed by atoms with Gasteiger partial charge in [-0.05, 0) is 68.9 Å². The van der Waals surface area contributed by atoms with Crippen LogP contribution in [0.5, 0.6) is 5.88 Å². The molecule has 6 heteroatoms. The van der Waals surface area contributed by atoms with Gasteiger partial charge in [0, 0.05) is 29.2 Å². The van der Waals surface area contributed by atoms with Crippen molar-refractivity contribution < 1.29 is 4.74 Å². The quantitative estimate of drug-likeness (QED) is 0.462. The van der Waals surface area contributed by atoms with Crippen LogP contribution in [0.2, 0.25) is 0 Å². The summed E-state index contributed by atoms with van der Waals surface area (Å²) < 4.78 is 5.83. The van der Waals surface area contributed by atoms with E-state index in [1.165, 1.54) is 0 Å². The molecule has 2 heterocycles. The lowest BCUT2D eigenvalue weighted by molar-refractivity contribution is 0.294. The average Bonchev–Trinajstić information content (AvgIpc) is 2.69. The van der Waals surface area contributed by atoms with Crippen molar-refractivity contribution in [3.8, 4) is 5.88 Å². The SMILES string of the molecule is C=C(C)C1=C(C=NCc2cnc(OCCC(P)CC)c(C)c2)C(NC)C=CN1. The Morgan fingerprint density at radius 1 is 1.54 bits per heavy atom. The third kappa shape index (κ3) is 6.29. The molecule has 0 aromatic carbocycles. The van der Waals surface area contributed by atoms with Gasteiger partial charge < -0.3 is 15.4 Å². The summed E-state index contributed by atoms with van der Waals surface area (Å²) in [5.41, 5.74) is 5.80. The van der Waals surface area contributed by atoms with Crippen LogP contribution in [0.15, 0.2) is 53.0 Å². The number of hydrogen-bond donors (Lipinski definition) is 2. The van der Waals surface area contributed by atoms with Gasteiger partial charge in [-0.2, -0.15) is 0 Å². The van der Waals surface area contributed by atoms with Gasteiger partial charge in [-0.3, -0.25) is 4.99 Å². The fraction of sp³-hybridized carbons (Fsp3) is 0.455. The number of ether oxygens (including phenoxy) is 1. The minimum absolute atomic E-state index is 0.121. The van der Waals surface area contributed by atoms with Gasteiger partial charge in [0.1, 0.15) is 0 Å². The fourth-order valence-electron chi connectivity index (χ4n) is 2.95. The van der Waals surface area contributed by atoms with Crippen LogP contribution in [0, 0.1) is 6.92 Å². The van der Waals surface area contributed by atoms with Crippen LogP contribution >= 0.6 is 9.24 Å². The number of nitrogens with one attached hydrogen (secondary N) is 2. The van der Waals surface area contributed by atoms with E-state index in [1.54, 1.807) is 0 Å². The number of allylic oxidation sites excluding steroid dienone is 1. The molecule has 1 aromatic rings. The van der Waals surface area contributed by atoms with E-state index in [1.807, 2.05) is 39.5 Å². The van der Waals surface area contributed by atoms with E-state index in [-0.39, 0.29) is 6.04 Å². The maximum absolute atomic E-state index is 5.83. The van der Waals surface area contributed by atoms with Crippen LogP contribution in [0.3, 0.4) is 0 Å². The molecule has 0 aliphatic carbocycles. The standard InChI is InChI=1S/C22H33N4OP/c1-6-18(28)8-10-27-22-16(4)11-17(13-26-22)12-24-14-19-20(23-5)7-9-25-21(19)15(2)3/h7,9,11,13-14,18,20,23,25H,2,6,8,10,12,28H2,1,3-5H3. The van der Waals surface area contributed by atoms with Crippen molar-refractivity contribution in [3.63, 3.8) is 0 Å². The van der Waals surface area contributed by atoms with Crippen molar-refractivity contribution in [2.24, 2.45) is 4.99 Å². The summed E-state index contributed by atoms with van der Waals surface area (Å²) in [6, 6.07) is 2.22. The van der Waals surface area contributed by atoms with Gasteiger partial charge in [0.15, 0.2) is 0 Å². The second-order valence-corrected chi connectivity index (χ2v) is 8.06. The highest BCUT2D eigenvalue weighted by atomic mass is 31.0. The van der Waals surface area contributed by atoms with Crippen molar-refractivity contribution in [2.75, 3.05) is 13.7 Å². The molecule has 2 rings (SSSR count). The molecule has 152 valence electrons. The molecule has 1 aliphatic heterocycles. The Morgan fingerprint density at radius 2 is 2.32 bits per heavy atom. The Morgan fingerprint density at radius 3 is 2.96 bits per heavy atom. The molecule has 28 heavy (non-hydrogen) atoms. The predicted octanol–water partition coefficient (Wildman–Crippen LogP) is 3.92. The number of hydrogen-bond acceptors (Lipinski definition) is 5. The van der Waals surface area contributed by atoms with Gasteiger partial charge in [-0.25, -0.2) is 4.98 Å². The Hall–Kier alpha value is -1.97. The van der Waals surface area contributed by atoms with Gasteiger partial charge in [-0.15, -0.1) is 9.24 Å². The lowest BCUT2D eigenvalue weighted by Gasteiger charge is -2.23. The van der Waals surface area contributed by atoms with Crippen LogP contribution in [0.4, 0.5) is 0 Å². The first kappa shape index (κ1) is 22.3. The maximum atomic E-state index is 5.83. The summed E-state index contributed by atoms with van der Waals surface area (Å²) in [6.07, 6.45) is 9.94.